The Morgan fingerprint density at radius 1 is 1.37 bits per heavy atom. The second-order valence-corrected chi connectivity index (χ2v) is 3.90. The van der Waals surface area contributed by atoms with E-state index in [1.165, 1.54) is 12.1 Å². The number of nitrogens with one attached hydrogen (secondary N) is 1. The summed E-state index contributed by atoms with van der Waals surface area (Å²) in [6.07, 6.45) is 3.46. The minimum Gasteiger partial charge on any atom is -0.364 e. The van der Waals surface area contributed by atoms with Crippen LogP contribution in [0.15, 0.2) is 43.5 Å². The quantitative estimate of drug-likeness (QED) is 0.739. The van der Waals surface area contributed by atoms with E-state index in [2.05, 4.69) is 18.5 Å². The number of rotatable bonds is 7. The van der Waals surface area contributed by atoms with E-state index in [9.17, 15) is 9.18 Å². The van der Waals surface area contributed by atoms with Crippen LogP contribution in [-0.2, 0) is 4.79 Å². The molecular weight excluding hydrogens is 245 g/mol. The van der Waals surface area contributed by atoms with Crippen molar-refractivity contribution in [1.82, 2.24) is 0 Å². The molecule has 1 amide bonds. The van der Waals surface area contributed by atoms with E-state index in [0.717, 1.165) is 0 Å². The van der Waals surface area contributed by atoms with Crippen molar-refractivity contribution in [2.75, 3.05) is 29.9 Å². The first-order valence-electron chi connectivity index (χ1n) is 5.88. The Labute approximate surface area is 112 Å². The van der Waals surface area contributed by atoms with E-state index in [0.29, 0.717) is 18.8 Å². The van der Waals surface area contributed by atoms with Gasteiger partial charge in [-0.3, -0.25) is 4.79 Å². The predicted molar refractivity (Wildman–Crippen MR) is 76.7 cm³/mol. The van der Waals surface area contributed by atoms with Crippen LogP contribution >= 0.6 is 0 Å². The van der Waals surface area contributed by atoms with Crippen LogP contribution in [0.4, 0.5) is 15.8 Å². The number of anilines is 2. The minimum atomic E-state index is -0.502. The van der Waals surface area contributed by atoms with Crippen molar-refractivity contribution >= 4 is 17.3 Å². The van der Waals surface area contributed by atoms with E-state index in [-0.39, 0.29) is 12.2 Å². The van der Waals surface area contributed by atoms with Gasteiger partial charge in [-0.05, 0) is 18.2 Å². The third kappa shape index (κ3) is 4.22. The molecule has 1 aromatic carbocycles. The highest BCUT2D eigenvalue weighted by atomic mass is 19.1. The number of carbonyl (C=O) groups is 1. The van der Waals surface area contributed by atoms with Gasteiger partial charge in [-0.15, -0.1) is 13.2 Å². The van der Waals surface area contributed by atoms with Gasteiger partial charge in [0.15, 0.2) is 0 Å². The molecule has 0 spiro atoms. The van der Waals surface area contributed by atoms with Crippen LogP contribution in [0.5, 0.6) is 0 Å². The fourth-order valence-corrected chi connectivity index (χ4v) is 1.60. The Balaban J connectivity index is 2.93. The smallest absolute Gasteiger partial charge is 0.238 e. The molecule has 3 N–H and O–H groups in total. The lowest BCUT2D eigenvalue weighted by Crippen LogP contribution is -2.24. The summed E-state index contributed by atoms with van der Waals surface area (Å²) in [4.78, 5) is 13.0. The highest BCUT2D eigenvalue weighted by Gasteiger charge is 2.09. The molecule has 1 rings (SSSR count). The maximum atomic E-state index is 13.9. The standard InChI is InChI=1S/C14H18FN3O/c1-3-7-18(8-4-2)11-5-6-13(12(15)9-11)17-14(19)10-16/h3-6,9H,1-2,7-8,10,16H2,(H,17,19). The fraction of sp³-hybridized carbons (Fsp3) is 0.214. The zero-order valence-electron chi connectivity index (χ0n) is 10.7. The molecule has 19 heavy (non-hydrogen) atoms. The number of hydrogen-bond acceptors (Lipinski definition) is 3. The van der Waals surface area contributed by atoms with Gasteiger partial charge in [0.1, 0.15) is 5.82 Å². The third-order valence-corrected chi connectivity index (χ3v) is 2.48. The third-order valence-electron chi connectivity index (χ3n) is 2.48. The Morgan fingerprint density at radius 3 is 2.47 bits per heavy atom. The van der Waals surface area contributed by atoms with Gasteiger partial charge in [0, 0.05) is 18.8 Å². The van der Waals surface area contributed by atoms with Gasteiger partial charge in [-0.25, -0.2) is 4.39 Å². The topological polar surface area (TPSA) is 58.4 Å². The summed E-state index contributed by atoms with van der Waals surface area (Å²) < 4.78 is 13.9. The number of hydrogen-bond donors (Lipinski definition) is 2. The van der Waals surface area contributed by atoms with Crippen molar-refractivity contribution in [2.45, 2.75) is 0 Å². The number of benzene rings is 1. The van der Waals surface area contributed by atoms with Crippen molar-refractivity contribution in [3.05, 3.63) is 49.3 Å². The van der Waals surface area contributed by atoms with Crippen LogP contribution < -0.4 is 16.0 Å². The van der Waals surface area contributed by atoms with Crippen molar-refractivity contribution in [3.8, 4) is 0 Å². The van der Waals surface area contributed by atoms with Crippen LogP contribution in [0, 0.1) is 5.82 Å². The molecule has 0 aliphatic rings. The Hall–Kier alpha value is -2.14. The predicted octanol–water partition coefficient (Wildman–Crippen LogP) is 1.90. The lowest BCUT2D eigenvalue weighted by atomic mass is 10.2. The summed E-state index contributed by atoms with van der Waals surface area (Å²) in [5.41, 5.74) is 5.98. The molecule has 0 bridgehead atoms. The average molecular weight is 263 g/mol. The summed E-state index contributed by atoms with van der Waals surface area (Å²) in [7, 11) is 0. The Kier molecular flexibility index (Phi) is 5.75. The highest BCUT2D eigenvalue weighted by Crippen LogP contribution is 2.22. The molecule has 0 atom stereocenters. The largest absolute Gasteiger partial charge is 0.364 e. The van der Waals surface area contributed by atoms with E-state index in [1.54, 1.807) is 18.2 Å². The molecule has 0 aliphatic carbocycles. The van der Waals surface area contributed by atoms with Crippen LogP contribution in [0.1, 0.15) is 0 Å². The molecule has 4 nitrogen and oxygen atoms in total. The van der Waals surface area contributed by atoms with Crippen molar-refractivity contribution in [1.29, 1.82) is 0 Å². The van der Waals surface area contributed by atoms with E-state index in [4.69, 9.17) is 5.73 Å². The number of nitrogens with zero attached hydrogens (tertiary/aromatic N) is 1. The average Bonchev–Trinajstić information content (AvgIpc) is 2.40. The molecule has 0 saturated carbocycles. The Bertz CT molecular complexity index is 464. The van der Waals surface area contributed by atoms with E-state index >= 15 is 0 Å². The first kappa shape index (κ1) is 14.9. The van der Waals surface area contributed by atoms with Gasteiger partial charge in [-0.2, -0.15) is 0 Å². The minimum absolute atomic E-state index is 0.122. The summed E-state index contributed by atoms with van der Waals surface area (Å²) in [6.45, 7) is 8.30. The zero-order chi connectivity index (χ0) is 14.3. The number of nitrogens with two attached hydrogens (primary N) is 1. The van der Waals surface area contributed by atoms with Gasteiger partial charge in [0.2, 0.25) is 5.91 Å². The maximum absolute atomic E-state index is 13.9. The molecule has 1 aromatic rings. The first-order chi connectivity index (χ1) is 9.12. The lowest BCUT2D eigenvalue weighted by molar-refractivity contribution is -0.114. The van der Waals surface area contributed by atoms with Gasteiger partial charge < -0.3 is 16.0 Å². The van der Waals surface area contributed by atoms with Gasteiger partial charge in [-0.1, -0.05) is 12.2 Å². The summed E-state index contributed by atoms with van der Waals surface area (Å²) in [5, 5.41) is 2.39. The molecule has 0 radical (unpaired) electrons. The second-order valence-electron chi connectivity index (χ2n) is 3.90. The van der Waals surface area contributed by atoms with Crippen molar-refractivity contribution in [3.63, 3.8) is 0 Å². The zero-order valence-corrected chi connectivity index (χ0v) is 10.7. The monoisotopic (exact) mass is 263 g/mol. The van der Waals surface area contributed by atoms with Gasteiger partial charge in [0.25, 0.3) is 0 Å². The van der Waals surface area contributed by atoms with E-state index < -0.39 is 11.7 Å². The molecule has 0 heterocycles. The Morgan fingerprint density at radius 2 is 2.00 bits per heavy atom. The summed E-state index contributed by atoms with van der Waals surface area (Å²) >= 11 is 0. The molecular formula is C14H18FN3O. The highest BCUT2D eigenvalue weighted by molar-refractivity contribution is 5.92. The summed E-state index contributed by atoms with van der Waals surface area (Å²) in [5.74, 6) is -0.932. The van der Waals surface area contributed by atoms with Gasteiger partial charge >= 0.3 is 0 Å². The molecule has 0 fully saturated rings. The molecule has 0 unspecified atom stereocenters. The lowest BCUT2D eigenvalue weighted by Gasteiger charge is -2.22. The maximum Gasteiger partial charge on any atom is 0.238 e. The molecule has 102 valence electrons. The van der Waals surface area contributed by atoms with Crippen molar-refractivity contribution < 1.29 is 9.18 Å². The molecule has 0 saturated heterocycles. The number of carbonyl (C=O) groups excluding carboxylic acids is 1. The van der Waals surface area contributed by atoms with E-state index in [1.807, 2.05) is 4.90 Å². The second kappa shape index (κ2) is 7.33. The van der Waals surface area contributed by atoms with Crippen molar-refractivity contribution in [2.24, 2.45) is 5.73 Å². The summed E-state index contributed by atoms with van der Waals surface area (Å²) in [6, 6.07) is 4.60. The number of halogens is 1. The molecule has 5 heteroatoms. The molecule has 0 aliphatic heterocycles. The number of amides is 1. The van der Waals surface area contributed by atoms with Crippen LogP contribution in [0.3, 0.4) is 0 Å². The SMILES string of the molecule is C=CCN(CC=C)c1ccc(NC(=O)CN)c(F)c1. The van der Waals surface area contributed by atoms with Crippen LogP contribution in [-0.4, -0.2) is 25.5 Å². The fourth-order valence-electron chi connectivity index (χ4n) is 1.60. The van der Waals surface area contributed by atoms with Gasteiger partial charge in [0.05, 0.1) is 12.2 Å². The molecule has 0 aromatic heterocycles. The normalized spacial score (nSPS) is 9.79. The van der Waals surface area contributed by atoms with Crippen LogP contribution in [0.25, 0.3) is 0 Å². The first-order valence-corrected chi connectivity index (χ1v) is 5.88. The van der Waals surface area contributed by atoms with Crippen LogP contribution in [0.2, 0.25) is 0 Å².